The molecule has 1 aliphatic rings. The lowest BCUT2D eigenvalue weighted by Crippen LogP contribution is -2.30. The van der Waals surface area contributed by atoms with Gasteiger partial charge in [0.2, 0.25) is 20.0 Å². The Hall–Kier alpha value is -1.39. The number of fused-ring (bicyclic) bond motifs is 1. The molecule has 9 heteroatoms. The second-order valence-corrected chi connectivity index (χ2v) is 9.78. The first-order valence-corrected chi connectivity index (χ1v) is 11.2. The second-order valence-electron chi connectivity index (χ2n) is 5.37. The van der Waals surface area contributed by atoms with Crippen LogP contribution in [-0.4, -0.2) is 22.6 Å². The number of hydrogen-bond donors (Lipinski definition) is 2. The van der Waals surface area contributed by atoms with Gasteiger partial charge in [0.1, 0.15) is 0 Å². The highest BCUT2D eigenvalue weighted by Gasteiger charge is 2.26. The summed E-state index contributed by atoms with van der Waals surface area (Å²) in [6.07, 6.45) is 0.691. The largest absolute Gasteiger partial charge is 0.241 e. The molecule has 3 rings (SSSR count). The van der Waals surface area contributed by atoms with Crippen LogP contribution in [-0.2, 0) is 20.0 Å². The third-order valence-electron chi connectivity index (χ3n) is 3.72. The normalized spacial score (nSPS) is 18.1. The molecule has 0 bridgehead atoms. The molecule has 1 heterocycles. The summed E-state index contributed by atoms with van der Waals surface area (Å²) in [5, 5.41) is 5.02. The zero-order valence-electron chi connectivity index (χ0n) is 12.5. The maximum Gasteiger partial charge on any atom is 0.241 e. The first-order valence-electron chi connectivity index (χ1n) is 7.14. The number of benzene rings is 2. The molecule has 0 unspecified atom stereocenters. The summed E-state index contributed by atoms with van der Waals surface area (Å²) in [6.45, 7) is 0. The number of rotatable bonds is 4. The average Bonchev–Trinajstić information content (AvgIpc) is 2.54. The van der Waals surface area contributed by atoms with Crippen LogP contribution >= 0.6 is 11.8 Å². The molecule has 128 valence electrons. The van der Waals surface area contributed by atoms with Gasteiger partial charge in [0, 0.05) is 10.9 Å². The van der Waals surface area contributed by atoms with E-state index in [0.717, 1.165) is 16.2 Å². The van der Waals surface area contributed by atoms with Crippen molar-refractivity contribution in [1.29, 1.82) is 0 Å². The molecule has 6 nitrogen and oxygen atoms in total. The number of nitrogens with two attached hydrogens (primary N) is 1. The quantitative estimate of drug-likeness (QED) is 0.837. The third-order valence-corrected chi connectivity index (χ3v) is 7.26. The van der Waals surface area contributed by atoms with E-state index >= 15 is 0 Å². The van der Waals surface area contributed by atoms with Crippen molar-refractivity contribution in [2.45, 2.75) is 27.1 Å². The van der Waals surface area contributed by atoms with Gasteiger partial charge in [0.25, 0.3) is 0 Å². The van der Waals surface area contributed by atoms with Crippen molar-refractivity contribution in [3.63, 3.8) is 0 Å². The number of primary sulfonamides is 1. The summed E-state index contributed by atoms with van der Waals surface area (Å²) >= 11 is 1.70. The fourth-order valence-corrected chi connectivity index (χ4v) is 5.42. The lowest BCUT2D eigenvalue weighted by atomic mass is 10.1. The molecule has 0 spiro atoms. The molecule has 0 amide bonds. The van der Waals surface area contributed by atoms with Gasteiger partial charge >= 0.3 is 0 Å². The van der Waals surface area contributed by atoms with E-state index in [-0.39, 0.29) is 15.8 Å². The molecule has 0 saturated carbocycles. The van der Waals surface area contributed by atoms with Crippen LogP contribution in [0.15, 0.2) is 63.2 Å². The van der Waals surface area contributed by atoms with E-state index in [1.165, 1.54) is 24.3 Å². The minimum absolute atomic E-state index is 0.00519. The van der Waals surface area contributed by atoms with Gasteiger partial charge in [0.15, 0.2) is 0 Å². The van der Waals surface area contributed by atoms with Crippen molar-refractivity contribution in [2.75, 3.05) is 5.75 Å². The number of nitrogens with one attached hydrogen (secondary N) is 1. The topological polar surface area (TPSA) is 106 Å². The molecule has 0 aliphatic carbocycles. The van der Waals surface area contributed by atoms with Crippen molar-refractivity contribution in [3.05, 3.63) is 54.1 Å². The van der Waals surface area contributed by atoms with Gasteiger partial charge in [-0.15, -0.1) is 11.8 Å². The molecular formula is C15H16N2O4S3. The van der Waals surface area contributed by atoms with Crippen LogP contribution in [0.3, 0.4) is 0 Å². The van der Waals surface area contributed by atoms with Gasteiger partial charge in [-0.3, -0.25) is 0 Å². The number of hydrogen-bond acceptors (Lipinski definition) is 5. The Morgan fingerprint density at radius 2 is 1.58 bits per heavy atom. The Kier molecular flexibility index (Phi) is 4.71. The maximum absolute atomic E-state index is 12.6. The lowest BCUT2D eigenvalue weighted by molar-refractivity contribution is 0.545. The van der Waals surface area contributed by atoms with Crippen LogP contribution in [0, 0.1) is 0 Å². The van der Waals surface area contributed by atoms with Gasteiger partial charge in [0.05, 0.1) is 9.79 Å². The average molecular weight is 385 g/mol. The van der Waals surface area contributed by atoms with Crippen LogP contribution in [0.2, 0.25) is 0 Å². The van der Waals surface area contributed by atoms with E-state index in [1.54, 1.807) is 11.8 Å². The van der Waals surface area contributed by atoms with Crippen molar-refractivity contribution >= 4 is 31.8 Å². The highest BCUT2D eigenvalue weighted by atomic mass is 32.2. The summed E-state index contributed by atoms with van der Waals surface area (Å²) in [6, 6.07) is 12.3. The van der Waals surface area contributed by atoms with Crippen LogP contribution in [0.4, 0.5) is 0 Å². The van der Waals surface area contributed by atoms with E-state index in [4.69, 9.17) is 5.14 Å². The first kappa shape index (κ1) is 17.4. The Morgan fingerprint density at radius 1 is 0.958 bits per heavy atom. The summed E-state index contributed by atoms with van der Waals surface area (Å²) in [4.78, 5) is 0.951. The highest BCUT2D eigenvalue weighted by Crippen LogP contribution is 2.36. The Labute approximate surface area is 145 Å². The van der Waals surface area contributed by atoms with Gasteiger partial charge in [-0.1, -0.05) is 18.2 Å². The minimum Gasteiger partial charge on any atom is -0.225 e. The Bertz CT molecular complexity index is 954. The summed E-state index contributed by atoms with van der Waals surface area (Å²) in [7, 11) is -7.61. The minimum atomic E-state index is -3.85. The number of thioether (sulfide) groups is 1. The van der Waals surface area contributed by atoms with E-state index < -0.39 is 20.0 Å². The van der Waals surface area contributed by atoms with Gasteiger partial charge in [-0.2, -0.15) is 0 Å². The molecule has 1 atom stereocenters. The first-order chi connectivity index (χ1) is 11.3. The van der Waals surface area contributed by atoms with E-state index in [9.17, 15) is 16.8 Å². The SMILES string of the molecule is NS(=O)(=O)c1ccc(S(=O)(=O)N[C@H]2CCSc3ccccc32)cc1. The standard InChI is InChI=1S/C15H16N2O4S3/c16-23(18,19)11-5-7-12(8-6-11)24(20,21)17-14-9-10-22-15-4-2-1-3-13(14)15/h1-8,14,17H,9-10H2,(H2,16,18,19)/t14-/m0/s1. The summed E-state index contributed by atoms with van der Waals surface area (Å²) < 4.78 is 50.4. The van der Waals surface area contributed by atoms with Crippen LogP contribution < -0.4 is 9.86 Å². The molecule has 24 heavy (non-hydrogen) atoms. The number of sulfonamides is 2. The molecule has 0 saturated heterocycles. The van der Waals surface area contributed by atoms with Crippen molar-refractivity contribution in [1.82, 2.24) is 4.72 Å². The third kappa shape index (κ3) is 3.65. The molecule has 0 aromatic heterocycles. The molecule has 1 aliphatic heterocycles. The second kappa shape index (κ2) is 6.49. The van der Waals surface area contributed by atoms with Gasteiger partial charge in [-0.25, -0.2) is 26.7 Å². The lowest BCUT2D eigenvalue weighted by Gasteiger charge is -2.25. The monoisotopic (exact) mass is 384 g/mol. The van der Waals surface area contributed by atoms with E-state index in [0.29, 0.717) is 6.42 Å². The van der Waals surface area contributed by atoms with Crippen LogP contribution in [0.1, 0.15) is 18.0 Å². The molecule has 0 fully saturated rings. The molecule has 0 radical (unpaired) electrons. The predicted molar refractivity (Wildman–Crippen MR) is 92.7 cm³/mol. The zero-order valence-corrected chi connectivity index (χ0v) is 15.0. The molecule has 3 N–H and O–H groups in total. The van der Waals surface area contributed by atoms with Crippen molar-refractivity contribution in [3.8, 4) is 0 Å². The van der Waals surface area contributed by atoms with Crippen LogP contribution in [0.25, 0.3) is 0 Å². The van der Waals surface area contributed by atoms with E-state index in [1.807, 2.05) is 24.3 Å². The van der Waals surface area contributed by atoms with Gasteiger partial charge in [-0.05, 0) is 48.1 Å². The van der Waals surface area contributed by atoms with Crippen molar-refractivity contribution < 1.29 is 16.8 Å². The molecule has 2 aromatic rings. The Balaban J connectivity index is 1.87. The van der Waals surface area contributed by atoms with Gasteiger partial charge < -0.3 is 0 Å². The molecule has 2 aromatic carbocycles. The predicted octanol–water partition coefficient (Wildman–Crippen LogP) is 1.85. The smallest absolute Gasteiger partial charge is 0.225 e. The fraction of sp³-hybridized carbons (Fsp3) is 0.200. The fourth-order valence-electron chi connectivity index (χ4n) is 2.53. The highest BCUT2D eigenvalue weighted by molar-refractivity contribution is 7.99. The van der Waals surface area contributed by atoms with Crippen LogP contribution in [0.5, 0.6) is 0 Å². The van der Waals surface area contributed by atoms with E-state index in [2.05, 4.69) is 4.72 Å². The van der Waals surface area contributed by atoms with Crippen molar-refractivity contribution in [2.24, 2.45) is 5.14 Å². The summed E-state index contributed by atoms with van der Waals surface area (Å²) in [5.41, 5.74) is 0.957. The Morgan fingerprint density at radius 3 is 2.25 bits per heavy atom. The maximum atomic E-state index is 12.6. The molecular weight excluding hydrogens is 368 g/mol. The zero-order chi connectivity index (χ0) is 17.4. The summed E-state index contributed by atoms with van der Waals surface area (Å²) in [5.74, 6) is 0.828.